The van der Waals surface area contributed by atoms with Crippen molar-refractivity contribution in [1.82, 2.24) is 0 Å². The number of hydrogen-bond donors (Lipinski definition) is 2. The largest absolute Gasteiger partial charge is 0.507 e. The van der Waals surface area contributed by atoms with Crippen LogP contribution in [0.25, 0.3) is 16.5 Å². The molecule has 1 aliphatic carbocycles. The standard InChI is InChI=1S/C18H16O4/c1-9-4-3-5-12-11(9)6-7-13-15(12)18(22)17(21)14(16(13)20)10(2)8-19/h3-7,10,19-20H,8H2,1-2H3. The molecule has 2 aromatic carbocycles. The number of aryl methyl sites for hydroxylation is 1. The lowest BCUT2D eigenvalue weighted by atomic mass is 9.81. The number of ketones is 2. The van der Waals surface area contributed by atoms with Crippen LogP contribution in [0.3, 0.4) is 0 Å². The van der Waals surface area contributed by atoms with Gasteiger partial charge in [-0.15, -0.1) is 0 Å². The van der Waals surface area contributed by atoms with E-state index >= 15 is 0 Å². The molecule has 1 unspecified atom stereocenters. The fourth-order valence-corrected chi connectivity index (χ4v) is 2.99. The second kappa shape index (κ2) is 5.07. The van der Waals surface area contributed by atoms with E-state index in [2.05, 4.69) is 0 Å². The van der Waals surface area contributed by atoms with Crippen molar-refractivity contribution in [2.24, 2.45) is 5.92 Å². The van der Waals surface area contributed by atoms with Gasteiger partial charge in [-0.1, -0.05) is 31.2 Å². The molecule has 0 saturated heterocycles. The van der Waals surface area contributed by atoms with E-state index in [0.717, 1.165) is 10.9 Å². The zero-order valence-corrected chi connectivity index (χ0v) is 12.4. The van der Waals surface area contributed by atoms with Crippen LogP contribution in [0.1, 0.15) is 28.4 Å². The van der Waals surface area contributed by atoms with E-state index in [1.807, 2.05) is 25.1 Å². The molecule has 0 heterocycles. The summed E-state index contributed by atoms with van der Waals surface area (Å²) in [6, 6.07) is 9.03. The summed E-state index contributed by atoms with van der Waals surface area (Å²) in [5, 5.41) is 21.2. The van der Waals surface area contributed by atoms with Crippen molar-refractivity contribution in [3.63, 3.8) is 0 Å². The van der Waals surface area contributed by atoms with Crippen LogP contribution < -0.4 is 0 Å². The van der Waals surface area contributed by atoms with E-state index in [1.165, 1.54) is 0 Å². The van der Waals surface area contributed by atoms with Gasteiger partial charge in [-0.25, -0.2) is 0 Å². The van der Waals surface area contributed by atoms with Gasteiger partial charge >= 0.3 is 0 Å². The molecule has 0 amide bonds. The number of rotatable bonds is 2. The molecule has 2 N–H and O–H groups in total. The van der Waals surface area contributed by atoms with Crippen LogP contribution in [0, 0.1) is 12.8 Å². The van der Waals surface area contributed by atoms with Gasteiger partial charge in [0.2, 0.25) is 11.6 Å². The first-order valence-electron chi connectivity index (χ1n) is 7.13. The monoisotopic (exact) mass is 296 g/mol. The maximum absolute atomic E-state index is 12.5. The summed E-state index contributed by atoms with van der Waals surface area (Å²) in [6.07, 6.45) is 0. The van der Waals surface area contributed by atoms with Crippen molar-refractivity contribution in [1.29, 1.82) is 0 Å². The maximum Gasteiger partial charge on any atom is 0.234 e. The highest BCUT2D eigenvalue weighted by Crippen LogP contribution is 2.36. The summed E-state index contributed by atoms with van der Waals surface area (Å²) in [5.41, 5.74) is 1.60. The van der Waals surface area contributed by atoms with Crippen molar-refractivity contribution in [3.8, 4) is 0 Å². The quantitative estimate of drug-likeness (QED) is 0.836. The fraction of sp³-hybridized carbons (Fsp3) is 0.222. The van der Waals surface area contributed by atoms with Crippen LogP contribution in [0.5, 0.6) is 0 Å². The first-order chi connectivity index (χ1) is 10.5. The molecule has 0 bridgehead atoms. The third-order valence-electron chi connectivity index (χ3n) is 4.23. The normalized spacial score (nSPS) is 16.1. The average molecular weight is 296 g/mol. The van der Waals surface area contributed by atoms with Gasteiger partial charge in [0.15, 0.2) is 0 Å². The van der Waals surface area contributed by atoms with E-state index in [1.54, 1.807) is 19.1 Å². The minimum absolute atomic E-state index is 0.00740. The van der Waals surface area contributed by atoms with Crippen LogP contribution in [-0.2, 0) is 4.79 Å². The fourth-order valence-electron chi connectivity index (χ4n) is 2.99. The van der Waals surface area contributed by atoms with Crippen LogP contribution in [0.2, 0.25) is 0 Å². The Kier molecular flexibility index (Phi) is 3.34. The minimum Gasteiger partial charge on any atom is -0.507 e. The molecule has 1 atom stereocenters. The SMILES string of the molecule is Cc1cccc2c3c(ccc12)C(O)=C(C(C)CO)C(=O)C3=O. The maximum atomic E-state index is 12.5. The molecule has 2 aromatic rings. The predicted molar refractivity (Wildman–Crippen MR) is 83.8 cm³/mol. The van der Waals surface area contributed by atoms with Crippen LogP contribution >= 0.6 is 0 Å². The zero-order chi connectivity index (χ0) is 16.0. The predicted octanol–water partition coefficient (Wildman–Crippen LogP) is 2.81. The molecular formula is C18H16O4. The smallest absolute Gasteiger partial charge is 0.234 e. The number of Topliss-reactive ketones (excluding diaryl/α,β-unsaturated/α-hetero) is 2. The molecule has 0 aliphatic heterocycles. The number of fused-ring (bicyclic) bond motifs is 3. The minimum atomic E-state index is -0.736. The number of hydrogen-bond acceptors (Lipinski definition) is 4. The Morgan fingerprint density at radius 3 is 2.45 bits per heavy atom. The second-order valence-corrected chi connectivity index (χ2v) is 5.66. The molecule has 0 saturated carbocycles. The first kappa shape index (κ1) is 14.5. The number of aliphatic hydroxyl groups is 2. The first-order valence-corrected chi connectivity index (χ1v) is 7.13. The highest BCUT2D eigenvalue weighted by molar-refractivity contribution is 6.54. The Morgan fingerprint density at radius 2 is 1.77 bits per heavy atom. The summed E-state index contributed by atoms with van der Waals surface area (Å²) in [6.45, 7) is 3.23. The number of aliphatic hydroxyl groups excluding tert-OH is 2. The lowest BCUT2D eigenvalue weighted by Crippen LogP contribution is -2.28. The van der Waals surface area contributed by atoms with Gasteiger partial charge < -0.3 is 10.2 Å². The van der Waals surface area contributed by atoms with Crippen LogP contribution in [0.4, 0.5) is 0 Å². The van der Waals surface area contributed by atoms with Gasteiger partial charge in [0, 0.05) is 23.7 Å². The van der Waals surface area contributed by atoms with E-state index in [-0.39, 0.29) is 23.5 Å². The summed E-state index contributed by atoms with van der Waals surface area (Å²) >= 11 is 0. The van der Waals surface area contributed by atoms with E-state index in [4.69, 9.17) is 0 Å². The summed E-state index contributed by atoms with van der Waals surface area (Å²) in [5.74, 6) is -2.15. The van der Waals surface area contributed by atoms with Gasteiger partial charge in [-0.3, -0.25) is 9.59 Å². The van der Waals surface area contributed by atoms with Gasteiger partial charge in [0.05, 0.1) is 5.57 Å². The molecule has 112 valence electrons. The highest BCUT2D eigenvalue weighted by atomic mass is 16.3. The Balaban J connectivity index is 2.40. The van der Waals surface area contributed by atoms with Crippen molar-refractivity contribution in [3.05, 3.63) is 52.6 Å². The summed E-state index contributed by atoms with van der Waals surface area (Å²) < 4.78 is 0. The Labute approximate surface area is 127 Å². The molecular weight excluding hydrogens is 280 g/mol. The topological polar surface area (TPSA) is 74.6 Å². The molecule has 22 heavy (non-hydrogen) atoms. The molecule has 0 spiro atoms. The third kappa shape index (κ3) is 1.88. The number of carbonyl (C=O) groups is 2. The molecule has 3 rings (SSSR count). The van der Waals surface area contributed by atoms with Crippen molar-refractivity contribution in [2.75, 3.05) is 6.61 Å². The Bertz CT molecular complexity index is 846. The Morgan fingerprint density at radius 1 is 1.05 bits per heavy atom. The van der Waals surface area contributed by atoms with E-state index < -0.39 is 17.5 Å². The highest BCUT2D eigenvalue weighted by Gasteiger charge is 2.36. The molecule has 4 heteroatoms. The van der Waals surface area contributed by atoms with Gasteiger partial charge in [-0.2, -0.15) is 0 Å². The Hall–Kier alpha value is -2.46. The van der Waals surface area contributed by atoms with E-state index in [0.29, 0.717) is 10.9 Å². The van der Waals surface area contributed by atoms with Crippen molar-refractivity contribution >= 4 is 28.1 Å². The summed E-state index contributed by atoms with van der Waals surface area (Å²) in [4.78, 5) is 24.9. The third-order valence-corrected chi connectivity index (χ3v) is 4.23. The lowest BCUT2D eigenvalue weighted by molar-refractivity contribution is -0.112. The zero-order valence-electron chi connectivity index (χ0n) is 12.4. The van der Waals surface area contributed by atoms with E-state index in [9.17, 15) is 19.8 Å². The number of carbonyl (C=O) groups excluding carboxylic acids is 2. The molecule has 0 fully saturated rings. The lowest BCUT2D eigenvalue weighted by Gasteiger charge is -2.22. The van der Waals surface area contributed by atoms with Crippen LogP contribution in [0.15, 0.2) is 35.9 Å². The molecule has 0 radical (unpaired) electrons. The van der Waals surface area contributed by atoms with Crippen molar-refractivity contribution in [2.45, 2.75) is 13.8 Å². The van der Waals surface area contributed by atoms with Crippen LogP contribution in [-0.4, -0.2) is 28.4 Å². The number of benzene rings is 2. The molecule has 4 nitrogen and oxygen atoms in total. The van der Waals surface area contributed by atoms with Gasteiger partial charge in [-0.05, 0) is 29.3 Å². The molecule has 1 aliphatic rings. The summed E-state index contributed by atoms with van der Waals surface area (Å²) in [7, 11) is 0. The second-order valence-electron chi connectivity index (χ2n) is 5.66. The van der Waals surface area contributed by atoms with Gasteiger partial charge in [0.1, 0.15) is 5.76 Å². The van der Waals surface area contributed by atoms with Crippen molar-refractivity contribution < 1.29 is 19.8 Å². The molecule has 0 aromatic heterocycles. The van der Waals surface area contributed by atoms with Gasteiger partial charge in [0.25, 0.3) is 0 Å². The average Bonchev–Trinajstić information content (AvgIpc) is 2.52.